The number of morpholine rings is 1. The Morgan fingerprint density at radius 1 is 1.40 bits per heavy atom. The molecule has 1 amide bonds. The van der Waals surface area contributed by atoms with E-state index in [-0.39, 0.29) is 11.3 Å². The lowest BCUT2D eigenvalue weighted by molar-refractivity contribution is -0.123. The Bertz CT molecular complexity index is 453. The van der Waals surface area contributed by atoms with Crippen LogP contribution in [0.15, 0.2) is 24.5 Å². The molecule has 2 fully saturated rings. The highest BCUT2D eigenvalue weighted by molar-refractivity contribution is 5.78. The molecule has 1 saturated heterocycles. The van der Waals surface area contributed by atoms with E-state index in [0.717, 1.165) is 45.7 Å². The molecule has 0 spiro atoms. The van der Waals surface area contributed by atoms with Gasteiger partial charge < -0.3 is 10.1 Å². The minimum Gasteiger partial charge on any atom is -0.379 e. The maximum Gasteiger partial charge on any atom is 0.234 e. The van der Waals surface area contributed by atoms with Gasteiger partial charge >= 0.3 is 0 Å². The molecule has 1 aliphatic carbocycles. The lowest BCUT2D eigenvalue weighted by Gasteiger charge is -2.26. The normalized spacial score (nSPS) is 21.4. The first kappa shape index (κ1) is 13.5. The zero-order chi connectivity index (χ0) is 13.8. The van der Waals surface area contributed by atoms with Crippen molar-refractivity contribution in [3.63, 3.8) is 0 Å². The van der Waals surface area contributed by atoms with Crippen molar-refractivity contribution in [2.24, 2.45) is 0 Å². The Balaban J connectivity index is 1.48. The molecule has 20 heavy (non-hydrogen) atoms. The Morgan fingerprint density at radius 3 is 2.85 bits per heavy atom. The van der Waals surface area contributed by atoms with Gasteiger partial charge in [-0.15, -0.1) is 0 Å². The third kappa shape index (κ3) is 3.16. The van der Waals surface area contributed by atoms with Gasteiger partial charge in [0.25, 0.3) is 0 Å². The molecule has 5 heteroatoms. The Labute approximate surface area is 119 Å². The highest BCUT2D eigenvalue weighted by Gasteiger charge is 2.44. The maximum atomic E-state index is 12.0. The summed E-state index contributed by atoms with van der Waals surface area (Å²) in [6.45, 7) is 4.36. The third-order valence-electron chi connectivity index (χ3n) is 4.22. The average molecular weight is 275 g/mol. The summed E-state index contributed by atoms with van der Waals surface area (Å²) in [5.41, 5.74) is 1.38. The molecular weight excluding hydrogens is 254 g/mol. The summed E-state index contributed by atoms with van der Waals surface area (Å²) < 4.78 is 5.28. The molecule has 2 aliphatic rings. The number of carbonyl (C=O) groups excluding carboxylic acids is 1. The van der Waals surface area contributed by atoms with Crippen molar-refractivity contribution >= 4 is 5.91 Å². The van der Waals surface area contributed by atoms with Gasteiger partial charge in [0.1, 0.15) is 0 Å². The van der Waals surface area contributed by atoms with Crippen molar-refractivity contribution in [1.29, 1.82) is 0 Å². The largest absolute Gasteiger partial charge is 0.379 e. The van der Waals surface area contributed by atoms with Gasteiger partial charge in [-0.1, -0.05) is 6.07 Å². The summed E-state index contributed by atoms with van der Waals surface area (Å²) in [6.07, 6.45) is 5.98. The number of aromatic nitrogens is 1. The highest BCUT2D eigenvalue weighted by atomic mass is 16.5. The van der Waals surface area contributed by atoms with Crippen LogP contribution in [0.5, 0.6) is 0 Å². The molecule has 1 aliphatic heterocycles. The number of carbonyl (C=O) groups is 1. The highest BCUT2D eigenvalue weighted by Crippen LogP contribution is 2.47. The molecular formula is C15H21N3O2. The minimum absolute atomic E-state index is 0.113. The number of hydrogen-bond acceptors (Lipinski definition) is 4. The van der Waals surface area contributed by atoms with E-state index < -0.39 is 0 Å². The first-order valence-electron chi connectivity index (χ1n) is 7.26. The summed E-state index contributed by atoms with van der Waals surface area (Å²) in [6, 6.07) is 4.07. The number of amides is 1. The smallest absolute Gasteiger partial charge is 0.234 e. The predicted octanol–water partition coefficient (Wildman–Crippen LogP) is 0.562. The molecule has 0 radical (unpaired) electrons. The van der Waals surface area contributed by atoms with Gasteiger partial charge in [-0.05, 0) is 24.5 Å². The van der Waals surface area contributed by atoms with E-state index in [1.54, 1.807) is 6.20 Å². The van der Waals surface area contributed by atoms with Gasteiger partial charge in [0, 0.05) is 37.4 Å². The van der Waals surface area contributed by atoms with Crippen LogP contribution in [0.25, 0.3) is 0 Å². The van der Waals surface area contributed by atoms with Gasteiger partial charge in [-0.25, -0.2) is 0 Å². The lowest BCUT2D eigenvalue weighted by atomic mass is 9.98. The number of ether oxygens (including phenoxy) is 1. The van der Waals surface area contributed by atoms with E-state index in [2.05, 4.69) is 21.3 Å². The second-order valence-corrected chi connectivity index (χ2v) is 5.69. The summed E-state index contributed by atoms with van der Waals surface area (Å²) >= 11 is 0. The molecule has 1 aromatic heterocycles. The molecule has 0 aromatic carbocycles. The Hall–Kier alpha value is -1.46. The van der Waals surface area contributed by atoms with E-state index in [0.29, 0.717) is 6.54 Å². The van der Waals surface area contributed by atoms with Crippen molar-refractivity contribution < 1.29 is 9.53 Å². The van der Waals surface area contributed by atoms with E-state index >= 15 is 0 Å². The van der Waals surface area contributed by atoms with E-state index in [1.165, 1.54) is 5.56 Å². The molecule has 0 bridgehead atoms. The molecule has 2 heterocycles. The van der Waals surface area contributed by atoms with Crippen molar-refractivity contribution in [1.82, 2.24) is 15.2 Å². The van der Waals surface area contributed by atoms with Gasteiger partial charge in [-0.2, -0.15) is 0 Å². The maximum absolute atomic E-state index is 12.0. The van der Waals surface area contributed by atoms with Crippen LogP contribution in [-0.2, 0) is 14.9 Å². The number of pyridine rings is 1. The first-order chi connectivity index (χ1) is 9.78. The first-order valence-corrected chi connectivity index (χ1v) is 7.26. The van der Waals surface area contributed by atoms with Crippen molar-refractivity contribution in [3.8, 4) is 0 Å². The van der Waals surface area contributed by atoms with Crippen LogP contribution in [0.2, 0.25) is 0 Å². The fourth-order valence-corrected chi connectivity index (χ4v) is 2.68. The van der Waals surface area contributed by atoms with Crippen LogP contribution in [0.1, 0.15) is 18.4 Å². The van der Waals surface area contributed by atoms with E-state index in [4.69, 9.17) is 4.74 Å². The van der Waals surface area contributed by atoms with Gasteiger partial charge in [0.05, 0.1) is 19.8 Å². The number of rotatable bonds is 5. The van der Waals surface area contributed by atoms with Crippen molar-refractivity contribution in [2.45, 2.75) is 18.3 Å². The molecule has 1 aromatic rings. The van der Waals surface area contributed by atoms with Crippen LogP contribution in [0, 0.1) is 0 Å². The van der Waals surface area contributed by atoms with Crippen LogP contribution < -0.4 is 5.32 Å². The summed E-state index contributed by atoms with van der Waals surface area (Å²) in [4.78, 5) is 18.3. The molecule has 1 saturated carbocycles. The zero-order valence-electron chi connectivity index (χ0n) is 11.7. The summed E-state index contributed by atoms with van der Waals surface area (Å²) in [5.74, 6) is 0.113. The molecule has 1 N–H and O–H groups in total. The van der Waals surface area contributed by atoms with E-state index in [1.807, 2.05) is 12.3 Å². The fourth-order valence-electron chi connectivity index (χ4n) is 2.68. The minimum atomic E-state index is 0.113. The van der Waals surface area contributed by atoms with Gasteiger partial charge in [0.2, 0.25) is 5.91 Å². The molecule has 0 atom stereocenters. The van der Waals surface area contributed by atoms with Crippen molar-refractivity contribution in [2.75, 3.05) is 39.4 Å². The number of nitrogens with one attached hydrogen (secondary N) is 1. The molecule has 5 nitrogen and oxygen atoms in total. The quantitative estimate of drug-likeness (QED) is 0.853. The van der Waals surface area contributed by atoms with Crippen LogP contribution >= 0.6 is 0 Å². The predicted molar refractivity (Wildman–Crippen MR) is 75.4 cm³/mol. The molecule has 0 unspecified atom stereocenters. The second kappa shape index (κ2) is 5.89. The molecule has 3 rings (SSSR count). The SMILES string of the molecule is O=C(CN1CCOCC1)NCC1(c2cccnc2)CC1. The van der Waals surface area contributed by atoms with Crippen LogP contribution in [0.4, 0.5) is 0 Å². The summed E-state index contributed by atoms with van der Waals surface area (Å²) in [7, 11) is 0. The van der Waals surface area contributed by atoms with Gasteiger partial charge in [-0.3, -0.25) is 14.7 Å². The van der Waals surface area contributed by atoms with Crippen LogP contribution in [0.3, 0.4) is 0 Å². The monoisotopic (exact) mass is 275 g/mol. The molecule has 108 valence electrons. The number of hydrogen-bond donors (Lipinski definition) is 1. The third-order valence-corrected chi connectivity index (χ3v) is 4.22. The lowest BCUT2D eigenvalue weighted by Crippen LogP contribution is -2.44. The standard InChI is InChI=1S/C15H21N3O2/c19-14(11-18-6-8-20-9-7-18)17-12-15(3-4-15)13-2-1-5-16-10-13/h1-2,5,10H,3-4,6-9,11-12H2,(H,17,19). The van der Waals surface area contributed by atoms with E-state index in [9.17, 15) is 4.79 Å². The average Bonchev–Trinajstić information content (AvgIpc) is 3.28. The fraction of sp³-hybridized carbons (Fsp3) is 0.600. The summed E-state index contributed by atoms with van der Waals surface area (Å²) in [5, 5.41) is 3.08. The topological polar surface area (TPSA) is 54.5 Å². The Kier molecular flexibility index (Phi) is 3.98. The van der Waals surface area contributed by atoms with Crippen LogP contribution in [-0.4, -0.2) is 55.2 Å². The second-order valence-electron chi connectivity index (χ2n) is 5.69. The zero-order valence-corrected chi connectivity index (χ0v) is 11.7. The van der Waals surface area contributed by atoms with Crippen molar-refractivity contribution in [3.05, 3.63) is 30.1 Å². The van der Waals surface area contributed by atoms with Gasteiger partial charge in [0.15, 0.2) is 0 Å². The Morgan fingerprint density at radius 2 is 2.20 bits per heavy atom. The number of nitrogens with zero attached hydrogens (tertiary/aromatic N) is 2.